The average molecular weight is 374 g/mol. The molecule has 1 amide bonds. The van der Waals surface area contributed by atoms with Gasteiger partial charge in [-0.25, -0.2) is 0 Å². The van der Waals surface area contributed by atoms with Crippen LogP contribution in [-0.4, -0.2) is 57.8 Å². The highest BCUT2D eigenvalue weighted by Gasteiger charge is 2.28. The first-order valence-corrected chi connectivity index (χ1v) is 10.4. The Labute approximate surface area is 164 Å². The zero-order valence-corrected chi connectivity index (χ0v) is 17.1. The summed E-state index contributed by atoms with van der Waals surface area (Å²) in [6.45, 7) is 6.11. The van der Waals surface area contributed by atoms with Gasteiger partial charge in [-0.1, -0.05) is 31.9 Å². The van der Waals surface area contributed by atoms with Crippen LogP contribution < -0.4 is 10.2 Å². The summed E-state index contributed by atoms with van der Waals surface area (Å²) in [5.74, 6) is 0.894. The van der Waals surface area contributed by atoms with Crippen LogP contribution in [-0.2, 0) is 9.53 Å². The van der Waals surface area contributed by atoms with Crippen LogP contribution in [0.15, 0.2) is 24.3 Å². The van der Waals surface area contributed by atoms with Crippen LogP contribution in [0.5, 0.6) is 0 Å². The molecular formula is C22H35N3O2. The van der Waals surface area contributed by atoms with E-state index in [2.05, 4.69) is 60.4 Å². The second kappa shape index (κ2) is 9.56. The smallest absolute Gasteiger partial charge is 0.223 e. The van der Waals surface area contributed by atoms with E-state index < -0.39 is 0 Å². The van der Waals surface area contributed by atoms with Gasteiger partial charge in [-0.05, 0) is 36.5 Å². The molecule has 1 saturated heterocycles. The molecule has 1 aliphatic carbocycles. The molecule has 1 aliphatic heterocycles. The van der Waals surface area contributed by atoms with E-state index >= 15 is 0 Å². The highest BCUT2D eigenvalue weighted by atomic mass is 16.5. The van der Waals surface area contributed by atoms with E-state index in [1.807, 2.05) is 0 Å². The Balaban J connectivity index is 1.67. The van der Waals surface area contributed by atoms with Gasteiger partial charge in [-0.3, -0.25) is 9.69 Å². The number of morpholine rings is 1. The predicted octanol–water partition coefficient (Wildman–Crippen LogP) is 3.07. The summed E-state index contributed by atoms with van der Waals surface area (Å²) in [6, 6.07) is 8.91. The molecule has 1 aromatic carbocycles. The van der Waals surface area contributed by atoms with Crippen molar-refractivity contribution in [3.05, 3.63) is 29.8 Å². The minimum Gasteiger partial charge on any atom is -0.379 e. The molecule has 0 bridgehead atoms. The lowest BCUT2D eigenvalue weighted by Crippen LogP contribution is -2.45. The number of anilines is 1. The van der Waals surface area contributed by atoms with Crippen molar-refractivity contribution in [2.75, 3.05) is 51.8 Å². The maximum Gasteiger partial charge on any atom is 0.223 e. The fourth-order valence-corrected chi connectivity index (χ4v) is 4.37. The Morgan fingerprint density at radius 2 is 1.81 bits per heavy atom. The van der Waals surface area contributed by atoms with Gasteiger partial charge in [0.25, 0.3) is 0 Å². The monoisotopic (exact) mass is 373 g/mol. The summed E-state index contributed by atoms with van der Waals surface area (Å²) in [4.78, 5) is 17.3. The third-order valence-electron chi connectivity index (χ3n) is 6.27. The molecule has 150 valence electrons. The van der Waals surface area contributed by atoms with Crippen LogP contribution in [0.2, 0.25) is 0 Å². The summed E-state index contributed by atoms with van der Waals surface area (Å²) in [5.41, 5.74) is 2.45. The Hall–Kier alpha value is -1.59. The standard InChI is InChI=1S/C22H35N3O2/c1-17(18-6-4-5-7-18)22(26)23-16-21(25-12-14-27-15-13-25)19-8-10-20(11-9-19)24(2)3/h8-11,17-18,21H,4-7,12-16H2,1-3H3,(H,23,26). The van der Waals surface area contributed by atoms with E-state index in [0.29, 0.717) is 12.5 Å². The molecule has 0 spiro atoms. The number of hydrogen-bond donors (Lipinski definition) is 1. The SMILES string of the molecule is CC(C(=O)NCC(c1ccc(N(C)C)cc1)N1CCOCC1)C1CCCC1. The lowest BCUT2D eigenvalue weighted by molar-refractivity contribution is -0.126. The first kappa shape index (κ1) is 20.2. The zero-order chi connectivity index (χ0) is 19.2. The van der Waals surface area contributed by atoms with Crippen molar-refractivity contribution >= 4 is 11.6 Å². The van der Waals surface area contributed by atoms with Crippen LogP contribution in [0.3, 0.4) is 0 Å². The molecule has 2 fully saturated rings. The maximum atomic E-state index is 12.7. The van der Waals surface area contributed by atoms with Crippen LogP contribution in [0.1, 0.15) is 44.2 Å². The van der Waals surface area contributed by atoms with E-state index in [1.54, 1.807) is 0 Å². The molecule has 2 atom stereocenters. The summed E-state index contributed by atoms with van der Waals surface area (Å²) in [6.07, 6.45) is 4.95. The first-order valence-electron chi connectivity index (χ1n) is 10.4. The van der Waals surface area contributed by atoms with Gasteiger partial charge < -0.3 is 15.0 Å². The highest BCUT2D eigenvalue weighted by molar-refractivity contribution is 5.78. The van der Waals surface area contributed by atoms with E-state index in [0.717, 1.165) is 26.3 Å². The number of ether oxygens (including phenoxy) is 1. The number of nitrogens with one attached hydrogen (secondary N) is 1. The van der Waals surface area contributed by atoms with Crippen molar-refractivity contribution in [3.8, 4) is 0 Å². The molecule has 0 aromatic heterocycles. The number of carbonyl (C=O) groups is 1. The largest absolute Gasteiger partial charge is 0.379 e. The van der Waals surface area contributed by atoms with Gasteiger partial charge in [-0.15, -0.1) is 0 Å². The second-order valence-electron chi connectivity index (χ2n) is 8.23. The van der Waals surface area contributed by atoms with Gasteiger partial charge >= 0.3 is 0 Å². The molecule has 1 aromatic rings. The van der Waals surface area contributed by atoms with Crippen LogP contribution >= 0.6 is 0 Å². The topological polar surface area (TPSA) is 44.8 Å². The highest BCUT2D eigenvalue weighted by Crippen LogP contribution is 2.31. The molecule has 5 nitrogen and oxygen atoms in total. The average Bonchev–Trinajstić information content (AvgIpc) is 3.23. The Kier molecular flexibility index (Phi) is 7.13. The number of rotatable bonds is 7. The summed E-state index contributed by atoms with van der Waals surface area (Å²) >= 11 is 0. The van der Waals surface area contributed by atoms with Crippen LogP contribution in [0.25, 0.3) is 0 Å². The molecule has 1 heterocycles. The quantitative estimate of drug-likeness (QED) is 0.798. The van der Waals surface area contributed by atoms with Gasteiger partial charge in [0.15, 0.2) is 0 Å². The molecule has 0 radical (unpaired) electrons. The van der Waals surface area contributed by atoms with E-state index in [4.69, 9.17) is 4.74 Å². The first-order chi connectivity index (χ1) is 13.1. The van der Waals surface area contributed by atoms with Crippen molar-refractivity contribution in [2.24, 2.45) is 11.8 Å². The van der Waals surface area contributed by atoms with E-state index in [-0.39, 0.29) is 17.9 Å². The molecule has 2 aliphatic rings. The molecule has 5 heteroatoms. The van der Waals surface area contributed by atoms with Gasteiger partial charge in [0, 0.05) is 45.3 Å². The minimum atomic E-state index is 0.119. The maximum absolute atomic E-state index is 12.7. The molecular weight excluding hydrogens is 338 g/mol. The molecule has 3 rings (SSSR count). The number of carbonyl (C=O) groups excluding carboxylic acids is 1. The lowest BCUT2D eigenvalue weighted by Gasteiger charge is -2.35. The number of hydrogen-bond acceptors (Lipinski definition) is 4. The van der Waals surface area contributed by atoms with E-state index in [1.165, 1.54) is 36.9 Å². The summed E-state index contributed by atoms with van der Waals surface area (Å²) < 4.78 is 5.53. The molecule has 1 N–H and O–H groups in total. The fourth-order valence-electron chi connectivity index (χ4n) is 4.37. The van der Waals surface area contributed by atoms with Crippen molar-refractivity contribution in [1.29, 1.82) is 0 Å². The van der Waals surface area contributed by atoms with Gasteiger partial charge in [0.1, 0.15) is 0 Å². The normalized spacial score (nSPS) is 21.0. The Morgan fingerprint density at radius 3 is 2.41 bits per heavy atom. The Morgan fingerprint density at radius 1 is 1.19 bits per heavy atom. The van der Waals surface area contributed by atoms with Crippen molar-refractivity contribution in [2.45, 2.75) is 38.6 Å². The van der Waals surface area contributed by atoms with Crippen molar-refractivity contribution < 1.29 is 9.53 Å². The number of benzene rings is 1. The van der Waals surface area contributed by atoms with Gasteiger partial charge in [0.05, 0.1) is 19.3 Å². The van der Waals surface area contributed by atoms with Gasteiger partial charge in [0.2, 0.25) is 5.91 Å². The van der Waals surface area contributed by atoms with Crippen molar-refractivity contribution in [1.82, 2.24) is 10.2 Å². The fraction of sp³-hybridized carbons (Fsp3) is 0.682. The van der Waals surface area contributed by atoms with Crippen LogP contribution in [0.4, 0.5) is 5.69 Å². The Bertz CT molecular complexity index is 590. The third-order valence-corrected chi connectivity index (χ3v) is 6.27. The number of amides is 1. The predicted molar refractivity (Wildman–Crippen MR) is 110 cm³/mol. The molecule has 27 heavy (non-hydrogen) atoms. The van der Waals surface area contributed by atoms with Crippen LogP contribution in [0, 0.1) is 11.8 Å². The zero-order valence-electron chi connectivity index (χ0n) is 17.1. The van der Waals surface area contributed by atoms with E-state index in [9.17, 15) is 4.79 Å². The van der Waals surface area contributed by atoms with Gasteiger partial charge in [-0.2, -0.15) is 0 Å². The molecule has 2 unspecified atom stereocenters. The minimum absolute atomic E-state index is 0.119. The third kappa shape index (κ3) is 5.23. The summed E-state index contributed by atoms with van der Waals surface area (Å²) in [7, 11) is 4.11. The lowest BCUT2D eigenvalue weighted by atomic mass is 9.91. The second-order valence-corrected chi connectivity index (χ2v) is 8.23. The number of nitrogens with zero attached hydrogens (tertiary/aromatic N) is 2. The molecule has 1 saturated carbocycles. The van der Waals surface area contributed by atoms with Crippen molar-refractivity contribution in [3.63, 3.8) is 0 Å². The summed E-state index contributed by atoms with van der Waals surface area (Å²) in [5, 5.41) is 3.26.